The lowest BCUT2D eigenvalue weighted by molar-refractivity contribution is 0.0795. The molecular weight excluding hydrogens is 232 g/mol. The number of carbonyl (C=O) groups excluding carboxylic acids is 1. The molecule has 1 unspecified atom stereocenters. The summed E-state index contributed by atoms with van der Waals surface area (Å²) >= 11 is 1.60. The predicted molar refractivity (Wildman–Crippen MR) is 71.5 cm³/mol. The second kappa shape index (κ2) is 4.42. The average Bonchev–Trinajstić information content (AvgIpc) is 2.83. The van der Waals surface area contributed by atoms with Crippen molar-refractivity contribution in [1.29, 1.82) is 0 Å². The van der Waals surface area contributed by atoms with Crippen LogP contribution in [-0.2, 0) is 5.41 Å². The summed E-state index contributed by atoms with van der Waals surface area (Å²) in [6.07, 6.45) is 0.920. The molecule has 0 saturated carbocycles. The van der Waals surface area contributed by atoms with Crippen LogP contribution in [-0.4, -0.2) is 29.9 Å². The molecule has 1 aromatic rings. The number of amides is 1. The lowest BCUT2D eigenvalue weighted by atomic mass is 9.95. The summed E-state index contributed by atoms with van der Waals surface area (Å²) in [7, 11) is 0. The molecule has 0 bridgehead atoms. The van der Waals surface area contributed by atoms with Crippen molar-refractivity contribution in [3.05, 3.63) is 21.9 Å². The molecule has 3 nitrogen and oxygen atoms in total. The van der Waals surface area contributed by atoms with Gasteiger partial charge in [0, 0.05) is 24.0 Å². The zero-order chi connectivity index (χ0) is 12.6. The highest BCUT2D eigenvalue weighted by Gasteiger charge is 2.26. The fourth-order valence-corrected chi connectivity index (χ4v) is 3.02. The Labute approximate surface area is 107 Å². The van der Waals surface area contributed by atoms with Gasteiger partial charge in [-0.2, -0.15) is 0 Å². The Morgan fingerprint density at radius 1 is 1.47 bits per heavy atom. The van der Waals surface area contributed by atoms with Crippen molar-refractivity contribution in [2.45, 2.75) is 38.6 Å². The van der Waals surface area contributed by atoms with E-state index in [-0.39, 0.29) is 17.4 Å². The first-order valence-electron chi connectivity index (χ1n) is 6.03. The van der Waals surface area contributed by atoms with Crippen LogP contribution < -0.4 is 5.73 Å². The second-order valence-corrected chi connectivity index (χ2v) is 6.80. The van der Waals surface area contributed by atoms with Gasteiger partial charge in [-0.3, -0.25) is 4.79 Å². The molecule has 0 aliphatic carbocycles. The number of nitrogens with two attached hydrogens (primary N) is 1. The Morgan fingerprint density at radius 2 is 2.18 bits per heavy atom. The van der Waals surface area contributed by atoms with Crippen molar-refractivity contribution in [3.8, 4) is 0 Å². The average molecular weight is 252 g/mol. The number of likely N-dealkylation sites (tertiary alicyclic amines) is 1. The third-order valence-corrected chi connectivity index (χ3v) is 4.57. The van der Waals surface area contributed by atoms with E-state index in [0.717, 1.165) is 17.8 Å². The van der Waals surface area contributed by atoms with E-state index in [9.17, 15) is 4.79 Å². The fourth-order valence-electron chi connectivity index (χ4n) is 1.98. The van der Waals surface area contributed by atoms with Gasteiger partial charge >= 0.3 is 0 Å². The summed E-state index contributed by atoms with van der Waals surface area (Å²) in [5, 5.41) is 0. The summed E-state index contributed by atoms with van der Waals surface area (Å²) in [6, 6.07) is 4.16. The minimum atomic E-state index is 0.116. The Morgan fingerprint density at radius 3 is 2.65 bits per heavy atom. The number of thiophene rings is 1. The maximum absolute atomic E-state index is 12.2. The molecule has 0 spiro atoms. The van der Waals surface area contributed by atoms with E-state index in [1.165, 1.54) is 4.88 Å². The molecule has 0 radical (unpaired) electrons. The Balaban J connectivity index is 2.13. The van der Waals surface area contributed by atoms with Gasteiger partial charge in [-0.25, -0.2) is 0 Å². The van der Waals surface area contributed by atoms with Crippen LogP contribution in [0, 0.1) is 0 Å². The predicted octanol–water partition coefficient (Wildman–Crippen LogP) is 2.22. The third-order valence-electron chi connectivity index (χ3n) is 3.07. The summed E-state index contributed by atoms with van der Waals surface area (Å²) < 4.78 is 0. The molecule has 1 aliphatic rings. The number of carbonyl (C=O) groups is 1. The van der Waals surface area contributed by atoms with Crippen LogP contribution in [0.25, 0.3) is 0 Å². The van der Waals surface area contributed by atoms with Crippen LogP contribution in [0.5, 0.6) is 0 Å². The number of hydrogen-bond acceptors (Lipinski definition) is 3. The van der Waals surface area contributed by atoms with E-state index in [4.69, 9.17) is 5.73 Å². The summed E-state index contributed by atoms with van der Waals surface area (Å²) in [4.78, 5) is 16.2. The van der Waals surface area contributed by atoms with E-state index < -0.39 is 0 Å². The maximum Gasteiger partial charge on any atom is 0.263 e. The molecule has 4 heteroatoms. The molecule has 1 saturated heterocycles. The van der Waals surface area contributed by atoms with Gasteiger partial charge in [0.05, 0.1) is 4.88 Å². The maximum atomic E-state index is 12.2. The third kappa shape index (κ3) is 2.69. The van der Waals surface area contributed by atoms with Crippen LogP contribution in [0.15, 0.2) is 12.1 Å². The fraction of sp³-hybridized carbons (Fsp3) is 0.615. The van der Waals surface area contributed by atoms with Crippen molar-refractivity contribution in [2.24, 2.45) is 5.73 Å². The van der Waals surface area contributed by atoms with Gasteiger partial charge in [-0.15, -0.1) is 11.3 Å². The van der Waals surface area contributed by atoms with E-state index in [1.54, 1.807) is 11.3 Å². The van der Waals surface area contributed by atoms with Crippen molar-refractivity contribution in [3.63, 3.8) is 0 Å². The van der Waals surface area contributed by atoms with Gasteiger partial charge in [0.15, 0.2) is 0 Å². The first-order valence-corrected chi connectivity index (χ1v) is 6.85. The smallest absolute Gasteiger partial charge is 0.263 e. The SMILES string of the molecule is CC(C)(C)c1ccc(C(=O)N2CCC(N)C2)s1. The molecule has 1 fully saturated rings. The first kappa shape index (κ1) is 12.6. The van der Waals surface area contributed by atoms with Gasteiger partial charge in [-0.1, -0.05) is 20.8 Å². The number of rotatable bonds is 1. The van der Waals surface area contributed by atoms with E-state index in [0.29, 0.717) is 6.54 Å². The highest BCUT2D eigenvalue weighted by molar-refractivity contribution is 7.14. The molecular formula is C13H20N2OS. The second-order valence-electron chi connectivity index (χ2n) is 5.71. The van der Waals surface area contributed by atoms with Gasteiger partial charge in [0.2, 0.25) is 0 Å². The highest BCUT2D eigenvalue weighted by atomic mass is 32.1. The van der Waals surface area contributed by atoms with Crippen LogP contribution in [0.4, 0.5) is 0 Å². The molecule has 2 heterocycles. The van der Waals surface area contributed by atoms with Gasteiger partial charge in [0.1, 0.15) is 0 Å². The van der Waals surface area contributed by atoms with E-state index in [1.807, 2.05) is 11.0 Å². The van der Waals surface area contributed by atoms with Crippen molar-refractivity contribution >= 4 is 17.2 Å². The van der Waals surface area contributed by atoms with Crippen LogP contribution in [0.2, 0.25) is 0 Å². The Bertz CT molecular complexity index is 419. The molecule has 0 aromatic carbocycles. The monoisotopic (exact) mass is 252 g/mol. The standard InChI is InChI=1S/C13H20N2OS/c1-13(2,3)11-5-4-10(17-11)12(16)15-7-6-9(14)8-15/h4-5,9H,6-8,14H2,1-3H3. The van der Waals surface area contributed by atoms with Crippen LogP contribution >= 0.6 is 11.3 Å². The number of nitrogens with zero attached hydrogens (tertiary/aromatic N) is 1. The molecule has 1 amide bonds. The lowest BCUT2D eigenvalue weighted by Crippen LogP contribution is -2.31. The lowest BCUT2D eigenvalue weighted by Gasteiger charge is -2.16. The zero-order valence-corrected chi connectivity index (χ0v) is 11.5. The zero-order valence-electron chi connectivity index (χ0n) is 10.7. The molecule has 1 atom stereocenters. The summed E-state index contributed by atoms with van der Waals surface area (Å²) in [5.74, 6) is 0.137. The quantitative estimate of drug-likeness (QED) is 0.833. The van der Waals surface area contributed by atoms with Crippen molar-refractivity contribution in [1.82, 2.24) is 4.90 Å². The number of hydrogen-bond donors (Lipinski definition) is 1. The van der Waals surface area contributed by atoms with E-state index >= 15 is 0 Å². The molecule has 1 aliphatic heterocycles. The normalized spacial score (nSPS) is 20.9. The molecule has 17 heavy (non-hydrogen) atoms. The molecule has 2 rings (SSSR count). The highest BCUT2D eigenvalue weighted by Crippen LogP contribution is 2.30. The van der Waals surface area contributed by atoms with Crippen molar-refractivity contribution in [2.75, 3.05) is 13.1 Å². The van der Waals surface area contributed by atoms with Gasteiger partial charge in [-0.05, 0) is 24.0 Å². The van der Waals surface area contributed by atoms with Gasteiger partial charge < -0.3 is 10.6 Å². The Kier molecular flexibility index (Phi) is 3.27. The largest absolute Gasteiger partial charge is 0.336 e. The molecule has 2 N–H and O–H groups in total. The Hall–Kier alpha value is -0.870. The van der Waals surface area contributed by atoms with Crippen LogP contribution in [0.1, 0.15) is 41.7 Å². The topological polar surface area (TPSA) is 46.3 Å². The van der Waals surface area contributed by atoms with Crippen LogP contribution in [0.3, 0.4) is 0 Å². The minimum absolute atomic E-state index is 0.116. The molecule has 94 valence electrons. The van der Waals surface area contributed by atoms with E-state index in [2.05, 4.69) is 26.8 Å². The molecule has 1 aromatic heterocycles. The van der Waals surface area contributed by atoms with Gasteiger partial charge in [0.25, 0.3) is 5.91 Å². The first-order chi connectivity index (χ1) is 7.88. The summed E-state index contributed by atoms with van der Waals surface area (Å²) in [6.45, 7) is 7.99. The minimum Gasteiger partial charge on any atom is -0.336 e. The summed E-state index contributed by atoms with van der Waals surface area (Å²) in [5.41, 5.74) is 5.94. The van der Waals surface area contributed by atoms with Crippen molar-refractivity contribution < 1.29 is 4.79 Å².